The maximum atomic E-state index is 12.3. The number of benzene rings is 1. The largest absolute Gasteiger partial charge is 0.493 e. The zero-order valence-electron chi connectivity index (χ0n) is 15.0. The highest BCUT2D eigenvalue weighted by Crippen LogP contribution is 2.27. The van der Waals surface area contributed by atoms with E-state index in [1.807, 2.05) is 0 Å². The van der Waals surface area contributed by atoms with E-state index in [1.54, 1.807) is 37.4 Å². The van der Waals surface area contributed by atoms with Crippen LogP contribution in [-0.2, 0) is 0 Å². The average Bonchev–Trinajstić information content (AvgIpc) is 2.62. The van der Waals surface area contributed by atoms with E-state index in [-0.39, 0.29) is 5.91 Å². The first-order chi connectivity index (χ1) is 12.0. The number of rotatable bonds is 8. The van der Waals surface area contributed by atoms with Crippen molar-refractivity contribution in [3.63, 3.8) is 0 Å². The van der Waals surface area contributed by atoms with E-state index >= 15 is 0 Å². The summed E-state index contributed by atoms with van der Waals surface area (Å²) in [7, 11) is 3.07. The molecule has 1 aromatic heterocycles. The Labute approximate surface area is 147 Å². The minimum Gasteiger partial charge on any atom is -0.493 e. The molecule has 0 fully saturated rings. The lowest BCUT2D eigenvalue weighted by Gasteiger charge is -2.10. The Bertz CT molecular complexity index is 702. The summed E-state index contributed by atoms with van der Waals surface area (Å²) in [6.45, 7) is 5.17. The van der Waals surface area contributed by atoms with E-state index in [4.69, 9.17) is 9.47 Å². The van der Waals surface area contributed by atoms with Gasteiger partial charge in [0.2, 0.25) is 0 Å². The lowest BCUT2D eigenvalue weighted by Crippen LogP contribution is -2.14. The molecule has 2 N–H and O–H groups in total. The summed E-state index contributed by atoms with van der Waals surface area (Å²) in [5.74, 6) is 2.46. The Balaban J connectivity index is 1.98. The fourth-order valence-corrected chi connectivity index (χ4v) is 2.15. The van der Waals surface area contributed by atoms with E-state index in [2.05, 4.69) is 34.7 Å². The highest BCUT2D eigenvalue weighted by atomic mass is 16.5. The van der Waals surface area contributed by atoms with Crippen molar-refractivity contribution in [1.82, 2.24) is 10.2 Å². The van der Waals surface area contributed by atoms with Gasteiger partial charge in [-0.3, -0.25) is 4.79 Å². The Morgan fingerprint density at radius 2 is 1.72 bits per heavy atom. The van der Waals surface area contributed by atoms with Crippen LogP contribution in [0.2, 0.25) is 0 Å². The Morgan fingerprint density at radius 1 is 1.04 bits per heavy atom. The van der Waals surface area contributed by atoms with Crippen molar-refractivity contribution in [3.8, 4) is 11.5 Å². The number of ether oxygens (including phenoxy) is 2. The third-order valence-electron chi connectivity index (χ3n) is 3.58. The van der Waals surface area contributed by atoms with E-state index in [1.165, 1.54) is 7.11 Å². The summed E-state index contributed by atoms with van der Waals surface area (Å²) in [5, 5.41) is 14.0. The third-order valence-corrected chi connectivity index (χ3v) is 3.58. The van der Waals surface area contributed by atoms with Gasteiger partial charge in [0, 0.05) is 12.1 Å². The summed E-state index contributed by atoms with van der Waals surface area (Å²) in [6, 6.07) is 8.46. The maximum Gasteiger partial charge on any atom is 0.257 e. The maximum absolute atomic E-state index is 12.3. The van der Waals surface area contributed by atoms with Crippen molar-refractivity contribution in [3.05, 3.63) is 35.9 Å². The van der Waals surface area contributed by atoms with Gasteiger partial charge >= 0.3 is 0 Å². The van der Waals surface area contributed by atoms with Gasteiger partial charge in [0.1, 0.15) is 5.82 Å². The van der Waals surface area contributed by atoms with Crippen LogP contribution in [0.25, 0.3) is 0 Å². The van der Waals surface area contributed by atoms with Gasteiger partial charge in [0.15, 0.2) is 17.3 Å². The molecule has 1 aromatic carbocycles. The number of methoxy groups -OCH3 is 2. The molecule has 7 heteroatoms. The average molecular weight is 344 g/mol. The summed E-state index contributed by atoms with van der Waals surface area (Å²) < 4.78 is 10.4. The van der Waals surface area contributed by atoms with Crippen molar-refractivity contribution < 1.29 is 14.3 Å². The topological polar surface area (TPSA) is 85.4 Å². The first kappa shape index (κ1) is 18.5. The van der Waals surface area contributed by atoms with Gasteiger partial charge in [0.05, 0.1) is 14.2 Å². The number of carbonyl (C=O) groups is 1. The first-order valence-electron chi connectivity index (χ1n) is 8.14. The first-order valence-corrected chi connectivity index (χ1v) is 8.14. The van der Waals surface area contributed by atoms with Gasteiger partial charge in [-0.05, 0) is 42.7 Å². The number of hydrogen-bond donors (Lipinski definition) is 2. The number of hydrogen-bond acceptors (Lipinski definition) is 6. The second kappa shape index (κ2) is 8.86. The molecule has 2 aromatic rings. The molecule has 0 saturated carbocycles. The number of carbonyl (C=O) groups excluding carboxylic acids is 1. The van der Waals surface area contributed by atoms with Crippen LogP contribution in [0.4, 0.5) is 11.6 Å². The zero-order chi connectivity index (χ0) is 18.2. The van der Waals surface area contributed by atoms with Gasteiger partial charge in [-0.2, -0.15) is 0 Å². The molecule has 0 atom stereocenters. The van der Waals surface area contributed by atoms with Crippen LogP contribution in [-0.4, -0.2) is 36.9 Å². The lowest BCUT2D eigenvalue weighted by atomic mass is 10.1. The van der Waals surface area contributed by atoms with Gasteiger partial charge < -0.3 is 20.1 Å². The molecule has 25 heavy (non-hydrogen) atoms. The molecule has 0 spiro atoms. The van der Waals surface area contributed by atoms with Crippen LogP contribution < -0.4 is 20.1 Å². The summed E-state index contributed by atoms with van der Waals surface area (Å²) in [4.78, 5) is 12.3. The molecule has 0 saturated heterocycles. The van der Waals surface area contributed by atoms with Crippen LogP contribution in [0.1, 0.15) is 30.6 Å². The Hall–Kier alpha value is -2.83. The number of anilines is 2. The smallest absolute Gasteiger partial charge is 0.257 e. The monoisotopic (exact) mass is 344 g/mol. The summed E-state index contributed by atoms with van der Waals surface area (Å²) in [5.41, 5.74) is 0.443. The second-order valence-electron chi connectivity index (χ2n) is 5.94. The predicted octanol–water partition coefficient (Wildman–Crippen LogP) is 3.20. The molecule has 7 nitrogen and oxygen atoms in total. The van der Waals surface area contributed by atoms with E-state index < -0.39 is 0 Å². The molecule has 1 heterocycles. The summed E-state index contributed by atoms with van der Waals surface area (Å²) in [6.07, 6.45) is 1.06. The fourth-order valence-electron chi connectivity index (χ4n) is 2.15. The minimum atomic E-state index is -0.296. The molecule has 0 aliphatic rings. The zero-order valence-corrected chi connectivity index (χ0v) is 15.0. The third kappa shape index (κ3) is 5.34. The van der Waals surface area contributed by atoms with Crippen molar-refractivity contribution in [2.75, 3.05) is 31.4 Å². The predicted molar refractivity (Wildman–Crippen MR) is 97.5 cm³/mol. The van der Waals surface area contributed by atoms with Gasteiger partial charge in [-0.25, -0.2) is 0 Å². The van der Waals surface area contributed by atoms with Gasteiger partial charge in [-0.15, -0.1) is 10.2 Å². The molecular formula is C18H24N4O3. The quantitative estimate of drug-likeness (QED) is 0.765. The van der Waals surface area contributed by atoms with Crippen LogP contribution in [0.15, 0.2) is 30.3 Å². The molecule has 0 unspecified atom stereocenters. The molecule has 0 bridgehead atoms. The van der Waals surface area contributed by atoms with Gasteiger partial charge in [0.25, 0.3) is 5.91 Å². The SMILES string of the molecule is COc1ccc(C(=O)Nc2ccc(NCCC(C)C)nn2)cc1OC. The van der Waals surface area contributed by atoms with E-state index in [0.717, 1.165) is 13.0 Å². The molecular weight excluding hydrogens is 320 g/mol. The second-order valence-corrected chi connectivity index (χ2v) is 5.94. The highest BCUT2D eigenvalue weighted by Gasteiger charge is 2.11. The molecule has 134 valence electrons. The molecule has 2 rings (SSSR count). The highest BCUT2D eigenvalue weighted by molar-refractivity contribution is 6.04. The van der Waals surface area contributed by atoms with Crippen LogP contribution >= 0.6 is 0 Å². The minimum absolute atomic E-state index is 0.296. The Morgan fingerprint density at radius 3 is 2.32 bits per heavy atom. The van der Waals surface area contributed by atoms with Crippen molar-refractivity contribution in [1.29, 1.82) is 0 Å². The number of aromatic nitrogens is 2. The number of nitrogens with one attached hydrogen (secondary N) is 2. The van der Waals surface area contributed by atoms with Crippen LogP contribution in [0.5, 0.6) is 11.5 Å². The van der Waals surface area contributed by atoms with Crippen LogP contribution in [0, 0.1) is 5.92 Å². The van der Waals surface area contributed by atoms with E-state index in [9.17, 15) is 4.79 Å². The van der Waals surface area contributed by atoms with Crippen molar-refractivity contribution in [2.24, 2.45) is 5.92 Å². The molecule has 0 aliphatic carbocycles. The number of nitrogens with zero attached hydrogens (tertiary/aromatic N) is 2. The van der Waals surface area contributed by atoms with E-state index in [0.29, 0.717) is 34.6 Å². The standard InChI is InChI=1S/C18H24N4O3/c1-12(2)9-10-19-16-7-8-17(22-21-16)20-18(23)13-5-6-14(24-3)15(11-13)25-4/h5-8,11-12H,9-10H2,1-4H3,(H,19,21)(H,20,22,23). The lowest BCUT2D eigenvalue weighted by molar-refractivity contribution is 0.102. The number of amides is 1. The molecule has 0 radical (unpaired) electrons. The molecule has 0 aliphatic heterocycles. The summed E-state index contributed by atoms with van der Waals surface area (Å²) >= 11 is 0. The fraction of sp³-hybridized carbons (Fsp3) is 0.389. The van der Waals surface area contributed by atoms with Crippen molar-refractivity contribution in [2.45, 2.75) is 20.3 Å². The van der Waals surface area contributed by atoms with Gasteiger partial charge in [-0.1, -0.05) is 13.8 Å². The van der Waals surface area contributed by atoms with Crippen molar-refractivity contribution >= 4 is 17.5 Å². The Kier molecular flexibility index (Phi) is 6.56. The molecule has 1 amide bonds. The normalized spacial score (nSPS) is 10.4. The van der Waals surface area contributed by atoms with Crippen LogP contribution in [0.3, 0.4) is 0 Å².